The number of aromatic hydroxyl groups is 1. The third-order valence-electron chi connectivity index (χ3n) is 2.49. The van der Waals surface area contributed by atoms with Crippen molar-refractivity contribution in [2.24, 2.45) is 5.73 Å². The molecule has 0 aromatic heterocycles. The third kappa shape index (κ3) is 1.34. The number of hydrogen-bond donors (Lipinski definition) is 2. The molecule has 14 heavy (non-hydrogen) atoms. The SMILES string of the molecule is Cc1cccc2c(O)cc(CN)cc12. The number of phenols is 1. The van der Waals surface area contributed by atoms with Gasteiger partial charge in [0.05, 0.1) is 0 Å². The van der Waals surface area contributed by atoms with Gasteiger partial charge in [0.1, 0.15) is 5.75 Å². The van der Waals surface area contributed by atoms with Crippen LogP contribution in [0.1, 0.15) is 11.1 Å². The fraction of sp³-hybridized carbons (Fsp3) is 0.167. The lowest BCUT2D eigenvalue weighted by Gasteiger charge is -2.06. The van der Waals surface area contributed by atoms with Gasteiger partial charge in [-0.25, -0.2) is 0 Å². The molecule has 0 aliphatic heterocycles. The van der Waals surface area contributed by atoms with Crippen molar-refractivity contribution in [1.29, 1.82) is 0 Å². The molecule has 0 unspecified atom stereocenters. The van der Waals surface area contributed by atoms with Crippen LogP contribution in [0.5, 0.6) is 5.75 Å². The Bertz CT molecular complexity index is 477. The van der Waals surface area contributed by atoms with E-state index in [-0.39, 0.29) is 0 Å². The second-order valence-corrected chi connectivity index (χ2v) is 3.49. The number of nitrogens with two attached hydrogens (primary N) is 1. The lowest BCUT2D eigenvalue weighted by Crippen LogP contribution is -1.96. The Balaban J connectivity index is 2.83. The number of hydrogen-bond acceptors (Lipinski definition) is 2. The maximum Gasteiger partial charge on any atom is 0.123 e. The Labute approximate surface area is 83.0 Å². The zero-order valence-electron chi connectivity index (χ0n) is 8.12. The van der Waals surface area contributed by atoms with Gasteiger partial charge < -0.3 is 10.8 Å². The summed E-state index contributed by atoms with van der Waals surface area (Å²) in [6, 6.07) is 9.64. The molecule has 3 N–H and O–H groups in total. The Morgan fingerprint density at radius 3 is 2.71 bits per heavy atom. The van der Waals surface area contributed by atoms with E-state index in [2.05, 4.69) is 0 Å². The molecule has 0 radical (unpaired) electrons. The molecule has 2 nitrogen and oxygen atoms in total. The van der Waals surface area contributed by atoms with Crippen LogP contribution >= 0.6 is 0 Å². The van der Waals surface area contributed by atoms with E-state index < -0.39 is 0 Å². The van der Waals surface area contributed by atoms with Gasteiger partial charge in [0.2, 0.25) is 0 Å². The number of phenolic OH excluding ortho intramolecular Hbond substituents is 1. The summed E-state index contributed by atoms with van der Waals surface area (Å²) in [6.45, 7) is 2.49. The quantitative estimate of drug-likeness (QED) is 0.719. The van der Waals surface area contributed by atoms with Crippen LogP contribution < -0.4 is 5.73 Å². The normalized spacial score (nSPS) is 10.7. The summed E-state index contributed by atoms with van der Waals surface area (Å²) in [4.78, 5) is 0. The van der Waals surface area contributed by atoms with Crippen molar-refractivity contribution < 1.29 is 5.11 Å². The van der Waals surface area contributed by atoms with Crippen LogP contribution in [-0.4, -0.2) is 5.11 Å². The molecule has 2 rings (SSSR count). The largest absolute Gasteiger partial charge is 0.507 e. The summed E-state index contributed by atoms with van der Waals surface area (Å²) in [5.74, 6) is 0.312. The molecular formula is C12H13NO. The van der Waals surface area contributed by atoms with Gasteiger partial charge in [-0.15, -0.1) is 0 Å². The highest BCUT2D eigenvalue weighted by molar-refractivity contribution is 5.91. The van der Waals surface area contributed by atoms with E-state index >= 15 is 0 Å². The molecule has 0 bridgehead atoms. The highest BCUT2D eigenvalue weighted by Gasteiger charge is 2.03. The second kappa shape index (κ2) is 3.31. The first-order chi connectivity index (χ1) is 6.72. The van der Waals surface area contributed by atoms with Gasteiger partial charge in [0.25, 0.3) is 0 Å². The fourth-order valence-corrected chi connectivity index (χ4v) is 1.69. The predicted molar refractivity (Wildman–Crippen MR) is 58.2 cm³/mol. The van der Waals surface area contributed by atoms with Crippen LogP contribution in [0.2, 0.25) is 0 Å². The van der Waals surface area contributed by atoms with Crippen LogP contribution in [0.4, 0.5) is 0 Å². The number of aryl methyl sites for hydroxylation is 1. The first kappa shape index (κ1) is 9.03. The summed E-state index contributed by atoms with van der Waals surface area (Å²) < 4.78 is 0. The van der Waals surface area contributed by atoms with Crippen molar-refractivity contribution in [1.82, 2.24) is 0 Å². The summed E-state index contributed by atoms with van der Waals surface area (Å²) in [6.07, 6.45) is 0. The lowest BCUT2D eigenvalue weighted by atomic mass is 10.0. The minimum Gasteiger partial charge on any atom is -0.507 e. The molecule has 0 aliphatic rings. The fourth-order valence-electron chi connectivity index (χ4n) is 1.69. The average Bonchev–Trinajstić information content (AvgIpc) is 2.19. The number of fused-ring (bicyclic) bond motifs is 1. The molecule has 2 heteroatoms. The van der Waals surface area contributed by atoms with Crippen LogP contribution in [0.15, 0.2) is 30.3 Å². The van der Waals surface area contributed by atoms with E-state index in [1.165, 1.54) is 0 Å². The molecule has 0 amide bonds. The van der Waals surface area contributed by atoms with Gasteiger partial charge in [-0.05, 0) is 35.6 Å². The molecular weight excluding hydrogens is 174 g/mol. The average molecular weight is 187 g/mol. The molecule has 72 valence electrons. The summed E-state index contributed by atoms with van der Waals surface area (Å²) >= 11 is 0. The zero-order chi connectivity index (χ0) is 10.1. The highest BCUT2D eigenvalue weighted by Crippen LogP contribution is 2.28. The molecule has 2 aromatic carbocycles. The van der Waals surface area contributed by atoms with Gasteiger partial charge in [-0.2, -0.15) is 0 Å². The van der Waals surface area contributed by atoms with Crippen LogP contribution in [0, 0.1) is 6.92 Å². The van der Waals surface area contributed by atoms with Crippen molar-refractivity contribution in [3.63, 3.8) is 0 Å². The van der Waals surface area contributed by atoms with E-state index in [0.29, 0.717) is 12.3 Å². The number of rotatable bonds is 1. The molecule has 0 spiro atoms. The number of benzene rings is 2. The third-order valence-corrected chi connectivity index (χ3v) is 2.49. The maximum atomic E-state index is 9.75. The molecule has 0 heterocycles. The minimum absolute atomic E-state index is 0.312. The molecule has 0 fully saturated rings. The monoisotopic (exact) mass is 187 g/mol. The minimum atomic E-state index is 0.312. The Kier molecular flexibility index (Phi) is 2.14. The first-order valence-corrected chi connectivity index (χ1v) is 4.63. The van der Waals surface area contributed by atoms with Crippen LogP contribution in [-0.2, 0) is 6.54 Å². The van der Waals surface area contributed by atoms with Gasteiger partial charge >= 0.3 is 0 Å². The van der Waals surface area contributed by atoms with Crippen molar-refractivity contribution in [3.05, 3.63) is 41.5 Å². The van der Waals surface area contributed by atoms with Crippen molar-refractivity contribution >= 4 is 10.8 Å². The van der Waals surface area contributed by atoms with E-state index in [1.807, 2.05) is 31.2 Å². The summed E-state index contributed by atoms with van der Waals surface area (Å²) in [7, 11) is 0. The zero-order valence-corrected chi connectivity index (χ0v) is 8.12. The molecule has 2 aromatic rings. The van der Waals surface area contributed by atoms with Gasteiger partial charge in [-0.1, -0.05) is 18.2 Å². The molecule has 0 aliphatic carbocycles. The molecule has 0 saturated carbocycles. The topological polar surface area (TPSA) is 46.2 Å². The highest BCUT2D eigenvalue weighted by atomic mass is 16.3. The predicted octanol–water partition coefficient (Wildman–Crippen LogP) is 2.31. The van der Waals surface area contributed by atoms with Crippen LogP contribution in [0.3, 0.4) is 0 Å². The van der Waals surface area contributed by atoms with Crippen molar-refractivity contribution in [2.75, 3.05) is 0 Å². The molecule has 0 atom stereocenters. The van der Waals surface area contributed by atoms with Crippen molar-refractivity contribution in [2.45, 2.75) is 13.5 Å². The standard InChI is InChI=1S/C12H13NO/c1-8-3-2-4-10-11(8)5-9(7-13)6-12(10)14/h2-6,14H,7,13H2,1H3. The van der Waals surface area contributed by atoms with Gasteiger partial charge in [0, 0.05) is 11.9 Å². The molecule has 0 saturated heterocycles. The van der Waals surface area contributed by atoms with E-state index in [1.54, 1.807) is 6.07 Å². The van der Waals surface area contributed by atoms with Crippen LogP contribution in [0.25, 0.3) is 10.8 Å². The Morgan fingerprint density at radius 2 is 2.00 bits per heavy atom. The summed E-state index contributed by atoms with van der Waals surface area (Å²) in [5, 5.41) is 11.7. The smallest absolute Gasteiger partial charge is 0.123 e. The summed E-state index contributed by atoms with van der Waals surface area (Å²) in [5.41, 5.74) is 7.67. The lowest BCUT2D eigenvalue weighted by molar-refractivity contribution is 0.481. The Hall–Kier alpha value is -1.54. The van der Waals surface area contributed by atoms with E-state index in [0.717, 1.165) is 21.9 Å². The van der Waals surface area contributed by atoms with Crippen molar-refractivity contribution in [3.8, 4) is 5.75 Å². The van der Waals surface area contributed by atoms with Gasteiger partial charge in [0.15, 0.2) is 0 Å². The van der Waals surface area contributed by atoms with E-state index in [4.69, 9.17) is 5.73 Å². The maximum absolute atomic E-state index is 9.75. The van der Waals surface area contributed by atoms with Gasteiger partial charge in [-0.3, -0.25) is 0 Å². The van der Waals surface area contributed by atoms with E-state index in [9.17, 15) is 5.11 Å². The first-order valence-electron chi connectivity index (χ1n) is 4.63. The second-order valence-electron chi connectivity index (χ2n) is 3.49. The Morgan fingerprint density at radius 1 is 1.21 bits per heavy atom.